The van der Waals surface area contributed by atoms with Crippen molar-refractivity contribution in [3.63, 3.8) is 0 Å². The van der Waals surface area contributed by atoms with Crippen LogP contribution in [0.25, 0.3) is 0 Å². The molecule has 6 nitrogen and oxygen atoms in total. The molecule has 0 N–H and O–H groups in total. The van der Waals surface area contributed by atoms with Crippen LogP contribution in [0.3, 0.4) is 0 Å². The third-order valence-electron chi connectivity index (χ3n) is 4.81. The van der Waals surface area contributed by atoms with Crippen LogP contribution in [0.15, 0.2) is 6.07 Å². The zero-order chi connectivity index (χ0) is 14.0. The maximum absolute atomic E-state index is 11.3. The van der Waals surface area contributed by atoms with Gasteiger partial charge in [-0.3, -0.25) is 10.1 Å². The molecule has 5 rings (SSSR count). The van der Waals surface area contributed by atoms with Gasteiger partial charge in [0.1, 0.15) is 5.75 Å². The summed E-state index contributed by atoms with van der Waals surface area (Å²) in [6.07, 6.45) is 2.53. The lowest BCUT2D eigenvalue weighted by molar-refractivity contribution is -0.385. The van der Waals surface area contributed by atoms with Crippen molar-refractivity contribution in [2.24, 2.45) is 0 Å². The highest BCUT2D eigenvalue weighted by atomic mass is 16.6. The van der Waals surface area contributed by atoms with E-state index in [-0.39, 0.29) is 29.7 Å². The van der Waals surface area contributed by atoms with Crippen LogP contribution in [0, 0.1) is 10.1 Å². The van der Waals surface area contributed by atoms with Gasteiger partial charge in [0.25, 0.3) is 0 Å². The molecule has 1 heterocycles. The zero-order valence-corrected chi connectivity index (χ0v) is 11.3. The van der Waals surface area contributed by atoms with Gasteiger partial charge < -0.3 is 14.2 Å². The average Bonchev–Trinajstić information content (AvgIpc) is 3.26. The van der Waals surface area contributed by atoms with Crippen LogP contribution in [0.1, 0.15) is 35.8 Å². The van der Waals surface area contributed by atoms with Crippen molar-refractivity contribution in [1.29, 1.82) is 0 Å². The molecule has 6 heteroatoms. The molecular formula is C14H15NO5. The van der Waals surface area contributed by atoms with E-state index < -0.39 is 4.92 Å². The van der Waals surface area contributed by atoms with Crippen molar-refractivity contribution in [3.05, 3.63) is 27.3 Å². The highest BCUT2D eigenvalue weighted by molar-refractivity contribution is 5.66. The van der Waals surface area contributed by atoms with Gasteiger partial charge >= 0.3 is 5.69 Å². The smallest absolute Gasteiger partial charge is 0.314 e. The molecule has 1 saturated carbocycles. The van der Waals surface area contributed by atoms with Gasteiger partial charge in [-0.05, 0) is 12.8 Å². The molecule has 1 aromatic carbocycles. The molecule has 1 aromatic rings. The first-order chi connectivity index (χ1) is 9.67. The van der Waals surface area contributed by atoms with E-state index in [1.165, 1.54) is 13.2 Å². The molecule has 1 saturated heterocycles. The topological polar surface area (TPSA) is 74.1 Å². The quantitative estimate of drug-likeness (QED) is 0.481. The second kappa shape index (κ2) is 3.85. The lowest BCUT2D eigenvalue weighted by Crippen LogP contribution is -2.30. The summed E-state index contributed by atoms with van der Waals surface area (Å²) in [5, 5.41) is 11.3. The summed E-state index contributed by atoms with van der Waals surface area (Å²) in [5.41, 5.74) is 1.98. The molecule has 0 spiro atoms. The van der Waals surface area contributed by atoms with Crippen molar-refractivity contribution in [1.82, 2.24) is 0 Å². The van der Waals surface area contributed by atoms with Gasteiger partial charge in [0, 0.05) is 23.0 Å². The number of ether oxygens (including phenoxy) is 3. The summed E-state index contributed by atoms with van der Waals surface area (Å²) in [4.78, 5) is 10.9. The molecule has 106 valence electrons. The van der Waals surface area contributed by atoms with Gasteiger partial charge in [0.05, 0.1) is 37.4 Å². The Hall–Kier alpha value is -1.82. The summed E-state index contributed by atoms with van der Waals surface area (Å²) in [6.45, 7) is 0. The molecule has 1 aliphatic heterocycles. The lowest BCUT2D eigenvalue weighted by Gasteiger charge is -2.36. The third-order valence-corrected chi connectivity index (χ3v) is 4.81. The van der Waals surface area contributed by atoms with Crippen molar-refractivity contribution >= 4 is 5.69 Å². The van der Waals surface area contributed by atoms with E-state index in [2.05, 4.69) is 0 Å². The Morgan fingerprint density at radius 1 is 1.20 bits per heavy atom. The Morgan fingerprint density at radius 2 is 1.85 bits per heavy atom. The minimum atomic E-state index is -0.408. The number of nitro benzene ring substituents is 1. The number of hydrogen-bond donors (Lipinski definition) is 0. The first-order valence-corrected chi connectivity index (χ1v) is 6.76. The van der Waals surface area contributed by atoms with Crippen LogP contribution in [0.2, 0.25) is 0 Å². The number of methoxy groups -OCH3 is 2. The van der Waals surface area contributed by atoms with Gasteiger partial charge in [0.2, 0.25) is 5.75 Å². The lowest BCUT2D eigenvalue weighted by atomic mass is 9.66. The summed E-state index contributed by atoms with van der Waals surface area (Å²) >= 11 is 0. The highest BCUT2D eigenvalue weighted by Crippen LogP contribution is 2.63. The first-order valence-electron chi connectivity index (χ1n) is 6.76. The maximum atomic E-state index is 11.3. The SMILES string of the molecule is COc1cc([N+](=O)[O-])c(OC)c2c1[C@H]1CC[C@@H]2[C@H]2O[C@H]21. The van der Waals surface area contributed by atoms with E-state index in [0.717, 1.165) is 24.0 Å². The predicted molar refractivity (Wildman–Crippen MR) is 69.6 cm³/mol. The molecule has 2 bridgehead atoms. The van der Waals surface area contributed by atoms with Crippen LogP contribution in [0.4, 0.5) is 5.69 Å². The molecule has 3 aliphatic carbocycles. The fraction of sp³-hybridized carbons (Fsp3) is 0.571. The Kier molecular flexibility index (Phi) is 2.30. The minimum absolute atomic E-state index is 0.0205. The van der Waals surface area contributed by atoms with Crippen LogP contribution in [-0.2, 0) is 4.74 Å². The second-order valence-electron chi connectivity index (χ2n) is 5.57. The molecule has 0 amide bonds. The summed E-state index contributed by atoms with van der Waals surface area (Å²) in [6, 6.07) is 1.48. The Bertz CT molecular complexity index is 614. The van der Waals surface area contributed by atoms with Crippen molar-refractivity contribution in [2.45, 2.75) is 36.9 Å². The fourth-order valence-corrected chi connectivity index (χ4v) is 4.02. The third kappa shape index (κ3) is 1.32. The second-order valence-corrected chi connectivity index (χ2v) is 5.57. The van der Waals surface area contributed by atoms with E-state index in [0.29, 0.717) is 11.5 Å². The standard InChI is InChI=1S/C14H15NO5/c1-18-9-5-8(15(16)17)14(19-2)11-7-4-3-6(10(9)11)12-13(7)20-12/h5-7,12-13H,3-4H2,1-2H3/t6-,7+,12+,13-/m1/s1. The Balaban J connectivity index is 2.01. The molecule has 0 radical (unpaired) electrons. The Morgan fingerprint density at radius 3 is 2.40 bits per heavy atom. The van der Waals surface area contributed by atoms with Crippen molar-refractivity contribution < 1.29 is 19.1 Å². The van der Waals surface area contributed by atoms with Crippen molar-refractivity contribution in [3.8, 4) is 11.5 Å². The number of fused-ring (bicyclic) bond motifs is 1. The normalized spacial score (nSPS) is 32.3. The number of nitrogens with zero attached hydrogens (tertiary/aromatic N) is 1. The van der Waals surface area contributed by atoms with E-state index in [1.54, 1.807) is 7.11 Å². The summed E-state index contributed by atoms with van der Waals surface area (Å²) < 4.78 is 16.5. The van der Waals surface area contributed by atoms with Gasteiger partial charge in [-0.1, -0.05) is 0 Å². The average molecular weight is 277 g/mol. The minimum Gasteiger partial charge on any atom is -0.496 e. The molecular weight excluding hydrogens is 262 g/mol. The number of rotatable bonds is 3. The summed E-state index contributed by atoms with van der Waals surface area (Å²) in [7, 11) is 3.04. The molecule has 4 atom stereocenters. The van der Waals surface area contributed by atoms with Crippen LogP contribution in [-0.4, -0.2) is 31.4 Å². The number of nitro groups is 1. The van der Waals surface area contributed by atoms with Gasteiger partial charge in [-0.2, -0.15) is 0 Å². The fourth-order valence-electron chi connectivity index (χ4n) is 4.02. The van der Waals surface area contributed by atoms with Gasteiger partial charge in [-0.15, -0.1) is 0 Å². The van der Waals surface area contributed by atoms with Crippen LogP contribution >= 0.6 is 0 Å². The van der Waals surface area contributed by atoms with E-state index >= 15 is 0 Å². The van der Waals surface area contributed by atoms with Crippen LogP contribution in [0.5, 0.6) is 11.5 Å². The highest BCUT2D eigenvalue weighted by Gasteiger charge is 2.60. The Labute approximate surface area is 115 Å². The zero-order valence-electron chi connectivity index (χ0n) is 11.3. The van der Waals surface area contributed by atoms with Crippen molar-refractivity contribution in [2.75, 3.05) is 14.2 Å². The van der Waals surface area contributed by atoms with Gasteiger partial charge in [-0.25, -0.2) is 0 Å². The molecule has 20 heavy (non-hydrogen) atoms. The monoisotopic (exact) mass is 277 g/mol. The van der Waals surface area contributed by atoms with Gasteiger partial charge in [0.15, 0.2) is 0 Å². The first kappa shape index (κ1) is 12.0. The van der Waals surface area contributed by atoms with E-state index in [4.69, 9.17) is 14.2 Å². The largest absolute Gasteiger partial charge is 0.496 e. The number of benzene rings is 1. The molecule has 0 unspecified atom stereocenters. The maximum Gasteiger partial charge on any atom is 0.314 e. The molecule has 4 aliphatic rings. The molecule has 0 aromatic heterocycles. The van der Waals surface area contributed by atoms with Crippen LogP contribution < -0.4 is 9.47 Å². The molecule has 2 fully saturated rings. The van der Waals surface area contributed by atoms with E-state index in [1.807, 2.05) is 0 Å². The predicted octanol–water partition coefficient (Wildman–Crippen LogP) is 2.35. The number of epoxide rings is 1. The summed E-state index contributed by atoms with van der Waals surface area (Å²) in [5.74, 6) is 1.46. The number of hydrogen-bond acceptors (Lipinski definition) is 5. The van der Waals surface area contributed by atoms with E-state index in [9.17, 15) is 10.1 Å².